The minimum atomic E-state index is 0.682. The number of nitrogens with one attached hydrogen (secondary N) is 1. The highest BCUT2D eigenvalue weighted by Crippen LogP contribution is 2.44. The van der Waals surface area contributed by atoms with Gasteiger partial charge in [0.05, 0.1) is 33.5 Å². The summed E-state index contributed by atoms with van der Waals surface area (Å²) in [5.41, 5.74) is 19.5. The van der Waals surface area contributed by atoms with Crippen molar-refractivity contribution in [3.05, 3.63) is 249 Å². The molecule has 68 heavy (non-hydrogen) atoms. The summed E-state index contributed by atoms with van der Waals surface area (Å²) >= 11 is 0. The van der Waals surface area contributed by atoms with Crippen LogP contribution in [0.1, 0.15) is 0 Å². The van der Waals surface area contributed by atoms with Crippen molar-refractivity contribution in [1.29, 1.82) is 0 Å². The summed E-state index contributed by atoms with van der Waals surface area (Å²) in [6, 6.07) is 88.9. The molecule has 0 aliphatic rings. The fourth-order valence-electron chi connectivity index (χ4n) is 10.0. The zero-order valence-corrected chi connectivity index (χ0v) is 37.0. The summed E-state index contributed by atoms with van der Waals surface area (Å²) in [5.74, 6) is 0.682. The van der Waals surface area contributed by atoms with E-state index in [1.54, 1.807) is 0 Å². The van der Waals surface area contributed by atoms with E-state index in [9.17, 15) is 0 Å². The van der Waals surface area contributed by atoms with E-state index in [1.807, 2.05) is 24.3 Å². The lowest BCUT2D eigenvalue weighted by molar-refractivity contribution is 1.18. The summed E-state index contributed by atoms with van der Waals surface area (Å²) < 4.78 is 2.40. The average molecular weight is 867 g/mol. The second-order valence-electron chi connectivity index (χ2n) is 17.4. The van der Waals surface area contributed by atoms with Crippen molar-refractivity contribution in [2.75, 3.05) is 0 Å². The Kier molecular flexibility index (Phi) is 9.47. The minimum Gasteiger partial charge on any atom is -0.353 e. The summed E-state index contributed by atoms with van der Waals surface area (Å²) in [6.45, 7) is 0. The Labute approximate surface area is 394 Å². The molecule has 4 nitrogen and oxygen atoms in total. The second kappa shape index (κ2) is 16.4. The predicted octanol–water partition coefficient (Wildman–Crippen LogP) is 16.9. The molecule has 10 aromatic carbocycles. The second-order valence-corrected chi connectivity index (χ2v) is 17.4. The van der Waals surface area contributed by atoms with Crippen molar-refractivity contribution in [3.63, 3.8) is 0 Å². The molecule has 0 saturated heterocycles. The quantitative estimate of drug-likeness (QED) is 0.165. The van der Waals surface area contributed by atoms with Crippen molar-refractivity contribution in [2.24, 2.45) is 0 Å². The van der Waals surface area contributed by atoms with Crippen LogP contribution in [0.5, 0.6) is 0 Å². The van der Waals surface area contributed by atoms with E-state index in [1.165, 1.54) is 27.4 Å². The lowest BCUT2D eigenvalue weighted by Gasteiger charge is -2.12. The zero-order chi connectivity index (χ0) is 45.0. The van der Waals surface area contributed by atoms with Gasteiger partial charge in [-0.05, 0) is 106 Å². The number of H-pyrrole nitrogens is 1. The van der Waals surface area contributed by atoms with Gasteiger partial charge in [-0.25, -0.2) is 9.97 Å². The molecule has 318 valence electrons. The van der Waals surface area contributed by atoms with Crippen molar-refractivity contribution in [1.82, 2.24) is 19.5 Å². The van der Waals surface area contributed by atoms with Crippen LogP contribution in [0.3, 0.4) is 0 Å². The molecule has 3 heterocycles. The van der Waals surface area contributed by atoms with E-state index >= 15 is 0 Å². The number of hydrogen-bond donors (Lipinski definition) is 1. The summed E-state index contributed by atoms with van der Waals surface area (Å²) in [6.07, 6.45) is 0. The van der Waals surface area contributed by atoms with E-state index < -0.39 is 0 Å². The third-order valence-corrected chi connectivity index (χ3v) is 13.3. The summed E-state index contributed by atoms with van der Waals surface area (Å²) in [7, 11) is 0. The fraction of sp³-hybridized carbons (Fsp3) is 0. The van der Waals surface area contributed by atoms with Crippen LogP contribution < -0.4 is 0 Å². The topological polar surface area (TPSA) is 46.5 Å². The van der Waals surface area contributed by atoms with E-state index in [4.69, 9.17) is 9.97 Å². The van der Waals surface area contributed by atoms with E-state index in [2.05, 4.69) is 234 Å². The average Bonchev–Trinajstić information content (AvgIpc) is 3.97. The summed E-state index contributed by atoms with van der Waals surface area (Å²) in [4.78, 5) is 14.6. The Bertz CT molecular complexity index is 3920. The number of para-hydroxylation sites is 1. The van der Waals surface area contributed by atoms with Gasteiger partial charge in [0.25, 0.3) is 0 Å². The van der Waals surface area contributed by atoms with Gasteiger partial charge in [0.1, 0.15) is 0 Å². The van der Waals surface area contributed by atoms with Crippen LogP contribution in [0.25, 0.3) is 128 Å². The number of rotatable bonds is 8. The minimum absolute atomic E-state index is 0.682. The predicted molar refractivity (Wildman–Crippen MR) is 284 cm³/mol. The lowest BCUT2D eigenvalue weighted by atomic mass is 9.93. The van der Waals surface area contributed by atoms with Crippen molar-refractivity contribution in [3.8, 4) is 84.1 Å². The summed E-state index contributed by atoms with van der Waals surface area (Å²) in [5, 5.41) is 4.68. The molecular formula is C64H42N4. The standard InChI is InChI=1S/C64H42N4/c1-7-19-42(20-8-1)47-31-33-60-53(35-47)54-36-48(32-34-61(54)68(60)51-29-17-6-18-30-51)52-37-49(43-21-9-2-10-22-43)38-55-56-39-50(44-23-11-3-12-24-44)40-57(63(56)67-62(52)55)59-41-58(45-25-13-4-14-26-45)65-64(66-59)46-27-15-5-16-28-46/h1-41,67H. The van der Waals surface area contributed by atoms with Gasteiger partial charge in [-0.1, -0.05) is 182 Å². The molecule has 0 spiro atoms. The van der Waals surface area contributed by atoms with E-state index in [0.29, 0.717) is 5.82 Å². The Hall–Kier alpha value is -9.12. The Morgan fingerprint density at radius 2 is 0.691 bits per heavy atom. The molecule has 1 N–H and O–H groups in total. The Morgan fingerprint density at radius 3 is 1.25 bits per heavy atom. The number of nitrogens with zero attached hydrogens (tertiary/aromatic N) is 3. The number of fused-ring (bicyclic) bond motifs is 6. The third-order valence-electron chi connectivity index (χ3n) is 13.3. The molecule has 13 rings (SSSR count). The molecule has 4 heteroatoms. The lowest BCUT2D eigenvalue weighted by Crippen LogP contribution is -1.96. The van der Waals surface area contributed by atoms with Gasteiger partial charge >= 0.3 is 0 Å². The highest BCUT2D eigenvalue weighted by atomic mass is 15.0. The third kappa shape index (κ3) is 6.86. The highest BCUT2D eigenvalue weighted by Gasteiger charge is 2.21. The maximum atomic E-state index is 5.39. The van der Waals surface area contributed by atoms with E-state index in [0.717, 1.165) is 94.5 Å². The maximum absolute atomic E-state index is 5.39. The molecule has 0 unspecified atom stereocenters. The van der Waals surface area contributed by atoms with Crippen molar-refractivity contribution >= 4 is 43.6 Å². The monoisotopic (exact) mass is 866 g/mol. The van der Waals surface area contributed by atoms with Gasteiger partial charge in [0, 0.05) is 49.5 Å². The number of aromatic nitrogens is 4. The molecule has 13 aromatic rings. The van der Waals surface area contributed by atoms with Gasteiger partial charge in [-0.15, -0.1) is 0 Å². The molecule has 0 bridgehead atoms. The van der Waals surface area contributed by atoms with Gasteiger partial charge < -0.3 is 9.55 Å². The first-order valence-electron chi connectivity index (χ1n) is 23.1. The fourth-order valence-corrected chi connectivity index (χ4v) is 10.0. The van der Waals surface area contributed by atoms with Gasteiger partial charge in [-0.3, -0.25) is 0 Å². The van der Waals surface area contributed by atoms with E-state index in [-0.39, 0.29) is 0 Å². The van der Waals surface area contributed by atoms with Crippen LogP contribution in [-0.2, 0) is 0 Å². The first-order chi connectivity index (χ1) is 33.7. The van der Waals surface area contributed by atoms with Gasteiger partial charge in [-0.2, -0.15) is 0 Å². The smallest absolute Gasteiger partial charge is 0.160 e. The number of hydrogen-bond acceptors (Lipinski definition) is 2. The normalized spacial score (nSPS) is 11.5. The Balaban J connectivity index is 1.10. The van der Waals surface area contributed by atoms with Crippen molar-refractivity contribution < 1.29 is 0 Å². The van der Waals surface area contributed by atoms with Gasteiger partial charge in [0.15, 0.2) is 5.82 Å². The molecule has 0 atom stereocenters. The van der Waals surface area contributed by atoms with Crippen molar-refractivity contribution in [2.45, 2.75) is 0 Å². The van der Waals surface area contributed by atoms with Crippen LogP contribution in [-0.4, -0.2) is 19.5 Å². The van der Waals surface area contributed by atoms with Crippen LogP contribution >= 0.6 is 0 Å². The molecule has 0 aliphatic carbocycles. The zero-order valence-electron chi connectivity index (χ0n) is 37.0. The molecule has 0 amide bonds. The SMILES string of the molecule is c1ccc(-c2cc(-c3ccc4c(c3)c3cc(-c5ccccc5)ccc3n4-c3ccccc3)c3[nH]c4c(-c5cc(-c6ccccc6)nc(-c6ccccc6)n5)cc(-c5ccccc5)cc4c3c2)cc1. The van der Waals surface area contributed by atoms with Gasteiger partial charge in [0.2, 0.25) is 0 Å². The molecule has 0 aliphatic heterocycles. The van der Waals surface area contributed by atoms with Crippen LogP contribution in [0, 0.1) is 0 Å². The highest BCUT2D eigenvalue weighted by molar-refractivity contribution is 6.19. The largest absolute Gasteiger partial charge is 0.353 e. The van der Waals surface area contributed by atoms with Crippen LogP contribution in [0.15, 0.2) is 249 Å². The maximum Gasteiger partial charge on any atom is 0.160 e. The Morgan fingerprint density at radius 1 is 0.279 bits per heavy atom. The molecule has 0 radical (unpaired) electrons. The number of benzene rings is 10. The molecule has 0 fully saturated rings. The first-order valence-corrected chi connectivity index (χ1v) is 23.1. The molecule has 3 aromatic heterocycles. The first kappa shape index (κ1) is 39.3. The molecule has 0 saturated carbocycles. The number of aromatic amines is 1. The van der Waals surface area contributed by atoms with Crippen LogP contribution in [0.4, 0.5) is 0 Å². The van der Waals surface area contributed by atoms with Crippen LogP contribution in [0.2, 0.25) is 0 Å². The molecular weight excluding hydrogens is 825 g/mol.